The minimum Gasteiger partial charge on any atom is -0.287 e. The van der Waals surface area contributed by atoms with Gasteiger partial charge >= 0.3 is 0 Å². The Hall–Kier alpha value is -6.98. The second-order valence-electron chi connectivity index (χ2n) is 14.1. The van der Waals surface area contributed by atoms with Gasteiger partial charge in [-0.05, 0) is 17.7 Å². The number of hydrogen-bond acceptors (Lipinski definition) is 2. The molecule has 0 bridgehead atoms. The van der Waals surface area contributed by atoms with Crippen LogP contribution in [0.15, 0.2) is 73.2 Å². The monoisotopic (exact) mass is 1000 g/mol. The summed E-state index contributed by atoms with van der Waals surface area (Å²) in [5.74, 6) is -71.3. The number of Topliss-reactive ketones (excluding diaryl/α,β-unsaturated/α-hetero) is 1. The van der Waals surface area contributed by atoms with Gasteiger partial charge in [-0.25, -0.2) is 87.8 Å². The summed E-state index contributed by atoms with van der Waals surface area (Å²) in [4.78, 5) is 16.6. The molecule has 354 valence electrons. The zero-order valence-corrected chi connectivity index (χ0v) is 33.4. The van der Waals surface area contributed by atoms with Gasteiger partial charge in [0.25, 0.3) is 0 Å². The molecule has 0 spiro atoms. The van der Waals surface area contributed by atoms with Gasteiger partial charge in [0, 0.05) is 10.6 Å². The van der Waals surface area contributed by atoms with Gasteiger partial charge in [0.1, 0.15) is 52.7 Å². The molecule has 0 saturated heterocycles. The Kier molecular flexibility index (Phi) is 14.3. The predicted molar refractivity (Wildman–Crippen MR) is 199 cm³/mol. The van der Waals surface area contributed by atoms with Crippen LogP contribution < -0.4 is 26.4 Å². The minimum absolute atomic E-state index is 0.0779. The first-order valence-electron chi connectivity index (χ1n) is 18.3. The highest BCUT2D eigenvalue weighted by Gasteiger charge is 2.52. The topological polar surface area (TPSA) is 33.8 Å². The Balaban J connectivity index is 0.000000276. The molecule has 0 radical (unpaired) electrons. The molecule has 1 aromatic heterocycles. The van der Waals surface area contributed by atoms with Crippen LogP contribution in [0, 0.1) is 116 Å². The van der Waals surface area contributed by atoms with Crippen molar-refractivity contribution in [1.82, 2.24) is 4.98 Å². The van der Waals surface area contributed by atoms with Crippen LogP contribution in [0.3, 0.4) is 0 Å². The van der Waals surface area contributed by atoms with Crippen molar-refractivity contribution in [3.8, 4) is 0 Å². The van der Waals surface area contributed by atoms with E-state index in [-0.39, 0.29) is 5.78 Å². The first kappa shape index (κ1) is 50.4. The van der Waals surface area contributed by atoms with Crippen molar-refractivity contribution in [2.75, 3.05) is 0 Å². The number of carbonyl (C=O) groups is 1. The first-order valence-corrected chi connectivity index (χ1v) is 18.7. The molecule has 0 atom stereocenters. The van der Waals surface area contributed by atoms with Crippen LogP contribution >= 0.6 is 11.6 Å². The summed E-state index contributed by atoms with van der Waals surface area (Å²) in [6, 6.07) is 17.0. The Labute approximate surface area is 371 Å². The summed E-state index contributed by atoms with van der Waals surface area (Å²) in [6.07, 6.45) is -1.22. The molecule has 0 aliphatic rings. The Morgan fingerprint density at radius 1 is 0.456 bits per heavy atom. The van der Waals surface area contributed by atoms with Gasteiger partial charge in [-0.1, -0.05) is 54.1 Å². The van der Waals surface area contributed by atoms with Crippen LogP contribution in [0.1, 0.15) is 21.6 Å². The van der Waals surface area contributed by atoms with Crippen molar-refractivity contribution < 1.29 is 97.2 Å². The van der Waals surface area contributed by atoms with E-state index in [2.05, 4.69) is 4.98 Å². The van der Waals surface area contributed by atoms with Crippen LogP contribution in [0.5, 0.6) is 0 Å². The molecule has 0 N–H and O–H groups in total. The second kappa shape index (κ2) is 19.3. The van der Waals surface area contributed by atoms with E-state index in [1.165, 1.54) is 0 Å². The molecule has 6 aromatic carbocycles. The summed E-state index contributed by atoms with van der Waals surface area (Å²) >= 11 is 6.04. The third-order valence-electron chi connectivity index (χ3n) is 10.3. The molecular weight excluding hydrogens is 987 g/mol. The number of halogens is 21. The Morgan fingerprint density at radius 3 is 1.13 bits per heavy atom. The van der Waals surface area contributed by atoms with Gasteiger partial charge in [-0.3, -0.25) is 9.78 Å². The standard InChI is InChI=1S/C24BF20.C19H16ClN2O/c26-5-1(6(27)14(35)21(42)13(5)34)25(2-7(28)15(36)22(43)16(37)8(2)29,3-9(30)17(38)23(44)18(39)10(3)31)4-11(32)19(40)24(45)20(41)12(4)33;20-17-8-4-5-15(11-17)12-18-13-21-9-10-22(18)14-19(23)16-6-2-1-3-7-16/h;1-11,13H,12,14H2/q-1;+1. The fourth-order valence-electron chi connectivity index (χ4n) is 7.32. The quantitative estimate of drug-likeness (QED) is 0.0361. The lowest BCUT2D eigenvalue weighted by atomic mass is 9.12. The van der Waals surface area contributed by atoms with Crippen LogP contribution in [-0.2, 0) is 13.0 Å². The normalized spacial score (nSPS) is 11.5. The predicted octanol–water partition coefficient (Wildman–Crippen LogP) is 9.34. The minimum atomic E-state index is -7.22. The Bertz CT molecular complexity index is 2800. The molecule has 0 unspecified atom stereocenters. The second-order valence-corrected chi connectivity index (χ2v) is 14.5. The van der Waals surface area contributed by atoms with Gasteiger partial charge < -0.3 is 0 Å². The molecule has 0 saturated carbocycles. The number of rotatable bonds is 9. The van der Waals surface area contributed by atoms with E-state index < -0.39 is 144 Å². The Morgan fingerprint density at radius 2 is 0.794 bits per heavy atom. The van der Waals surface area contributed by atoms with Crippen molar-refractivity contribution in [2.45, 2.75) is 13.0 Å². The fraction of sp³-hybridized carbons (Fsp3) is 0.0465. The van der Waals surface area contributed by atoms with Crippen molar-refractivity contribution >= 4 is 45.4 Å². The molecule has 0 amide bonds. The summed E-state index contributed by atoms with van der Waals surface area (Å²) in [5, 5.41) is 0.707. The first-order chi connectivity index (χ1) is 31.9. The molecule has 1 heterocycles. The highest BCUT2D eigenvalue weighted by atomic mass is 35.5. The maximum absolute atomic E-state index is 15.4. The number of benzene rings is 6. The van der Waals surface area contributed by atoms with Crippen LogP contribution in [0.4, 0.5) is 87.8 Å². The summed E-state index contributed by atoms with van der Waals surface area (Å²) < 4.78 is 296. The van der Waals surface area contributed by atoms with Gasteiger partial charge in [-0.15, -0.1) is 21.9 Å². The highest BCUT2D eigenvalue weighted by molar-refractivity contribution is 7.20. The average molecular weight is 1000 g/mol. The highest BCUT2D eigenvalue weighted by Crippen LogP contribution is 2.31. The van der Waals surface area contributed by atoms with Crippen LogP contribution in [-0.4, -0.2) is 16.9 Å². The number of carbonyl (C=O) groups excluding carboxylic acids is 1. The van der Waals surface area contributed by atoms with Crippen molar-refractivity contribution in [3.63, 3.8) is 0 Å². The van der Waals surface area contributed by atoms with Crippen molar-refractivity contribution in [3.05, 3.63) is 211 Å². The van der Waals surface area contributed by atoms with E-state index in [0.717, 1.165) is 11.3 Å². The zero-order valence-electron chi connectivity index (χ0n) is 32.7. The SMILES string of the molecule is Fc1c(F)c(F)c([B-](c2c(F)c(F)c(F)c(F)c2F)(c2c(F)c(F)c(F)c(F)c2F)c2c(F)c(F)c(F)c(F)c2F)c(F)c1F.O=C(C[n+]1ccncc1Cc1cccc(Cl)c1)c1ccccc1. The van der Waals surface area contributed by atoms with Gasteiger partial charge in [0.05, 0.1) is 18.8 Å². The average Bonchev–Trinajstić information content (AvgIpc) is 3.32. The third kappa shape index (κ3) is 8.38. The molecule has 68 heavy (non-hydrogen) atoms. The number of aromatic nitrogens is 2. The van der Waals surface area contributed by atoms with E-state index in [1.54, 1.807) is 12.4 Å². The lowest BCUT2D eigenvalue weighted by Crippen LogP contribution is -2.81. The van der Waals surface area contributed by atoms with Gasteiger partial charge in [-0.2, -0.15) is 4.57 Å². The lowest BCUT2D eigenvalue weighted by molar-refractivity contribution is -0.690. The maximum atomic E-state index is 15.4. The molecule has 0 fully saturated rings. The van der Waals surface area contributed by atoms with E-state index in [4.69, 9.17) is 11.6 Å². The van der Waals surface area contributed by atoms with E-state index in [1.807, 2.05) is 65.4 Å². The molecule has 7 aromatic rings. The molecule has 0 aliphatic heterocycles. The number of ketones is 1. The smallest absolute Gasteiger partial charge is 0.227 e. The molecule has 0 aliphatic carbocycles. The maximum Gasteiger partial charge on any atom is 0.227 e. The summed E-state index contributed by atoms with van der Waals surface area (Å²) in [6.45, 7) is 0.294. The summed E-state index contributed by atoms with van der Waals surface area (Å²) in [7, 11) is 0. The molecule has 25 heteroatoms. The van der Waals surface area contributed by atoms with E-state index in [0.29, 0.717) is 23.6 Å². The van der Waals surface area contributed by atoms with Crippen molar-refractivity contribution in [2.24, 2.45) is 0 Å². The van der Waals surface area contributed by atoms with E-state index in [9.17, 15) is 57.5 Å². The van der Waals surface area contributed by atoms with E-state index >= 15 is 35.1 Å². The van der Waals surface area contributed by atoms with Gasteiger partial charge in [0.2, 0.25) is 18.0 Å². The lowest BCUT2D eigenvalue weighted by Gasteiger charge is -2.44. The largest absolute Gasteiger partial charge is 0.287 e. The van der Waals surface area contributed by atoms with Crippen molar-refractivity contribution in [1.29, 1.82) is 0 Å². The molecule has 3 nitrogen and oxygen atoms in total. The molecule has 7 rings (SSSR count). The zero-order chi connectivity index (χ0) is 50.4. The fourth-order valence-corrected chi connectivity index (χ4v) is 7.53. The van der Waals surface area contributed by atoms with Crippen LogP contribution in [0.25, 0.3) is 0 Å². The third-order valence-corrected chi connectivity index (χ3v) is 10.6. The molecular formula is C43H16BClF20N2O. The van der Waals surface area contributed by atoms with Gasteiger partial charge in [0.15, 0.2) is 76.0 Å². The number of hydrogen-bond donors (Lipinski definition) is 0. The van der Waals surface area contributed by atoms with Crippen LogP contribution in [0.2, 0.25) is 5.02 Å². The number of nitrogens with zero attached hydrogens (tertiary/aromatic N) is 2. The summed E-state index contributed by atoms with van der Waals surface area (Å²) in [5.41, 5.74) is -11.6.